The van der Waals surface area contributed by atoms with Crippen molar-refractivity contribution in [2.24, 2.45) is 0 Å². The van der Waals surface area contributed by atoms with Gasteiger partial charge >= 0.3 is 5.97 Å². The maximum atomic E-state index is 11.6. The summed E-state index contributed by atoms with van der Waals surface area (Å²) in [6.07, 6.45) is 2.04. The van der Waals surface area contributed by atoms with Gasteiger partial charge in [0.2, 0.25) is 0 Å². The average Bonchev–Trinajstić information content (AvgIpc) is 2.42. The number of aliphatic carboxylic acids is 1. The van der Waals surface area contributed by atoms with E-state index in [2.05, 4.69) is 5.32 Å². The highest BCUT2D eigenvalue weighted by molar-refractivity contribution is 6.30. The highest BCUT2D eigenvalue weighted by atomic mass is 35.5. The van der Waals surface area contributed by atoms with Crippen molar-refractivity contribution in [1.29, 1.82) is 0 Å². The standard InChI is InChI=1S/C14H18ClNO4/c1-2-3-4-12(14(18)19)16-13(17)9-20-11-7-5-10(15)6-8-11/h5-8,12H,2-4,9H2,1H3,(H,16,17)(H,18,19)/t12-/m0/s1. The van der Waals surface area contributed by atoms with Crippen LogP contribution in [-0.2, 0) is 9.59 Å². The summed E-state index contributed by atoms with van der Waals surface area (Å²) < 4.78 is 5.24. The molecule has 5 nitrogen and oxygen atoms in total. The van der Waals surface area contributed by atoms with Gasteiger partial charge in [-0.05, 0) is 30.7 Å². The minimum atomic E-state index is -1.03. The Morgan fingerprint density at radius 2 is 2.00 bits per heavy atom. The van der Waals surface area contributed by atoms with Gasteiger partial charge in [0.25, 0.3) is 5.91 Å². The lowest BCUT2D eigenvalue weighted by molar-refractivity contribution is -0.142. The summed E-state index contributed by atoms with van der Waals surface area (Å²) in [7, 11) is 0. The summed E-state index contributed by atoms with van der Waals surface area (Å²) in [5.41, 5.74) is 0. The zero-order chi connectivity index (χ0) is 15.0. The van der Waals surface area contributed by atoms with Crippen molar-refractivity contribution in [1.82, 2.24) is 5.32 Å². The fourth-order valence-corrected chi connectivity index (χ4v) is 1.71. The van der Waals surface area contributed by atoms with E-state index in [0.717, 1.165) is 12.8 Å². The van der Waals surface area contributed by atoms with Gasteiger partial charge in [0.15, 0.2) is 6.61 Å². The number of rotatable bonds is 8. The maximum Gasteiger partial charge on any atom is 0.326 e. The smallest absolute Gasteiger partial charge is 0.326 e. The molecule has 20 heavy (non-hydrogen) atoms. The number of carbonyl (C=O) groups excluding carboxylic acids is 1. The molecule has 0 saturated heterocycles. The molecule has 6 heteroatoms. The number of halogens is 1. The van der Waals surface area contributed by atoms with Crippen LogP contribution in [0.3, 0.4) is 0 Å². The maximum absolute atomic E-state index is 11.6. The van der Waals surface area contributed by atoms with E-state index in [1.54, 1.807) is 24.3 Å². The number of carboxylic acid groups (broad SMARTS) is 1. The molecule has 1 rings (SSSR count). The molecule has 0 aromatic heterocycles. The van der Waals surface area contributed by atoms with Crippen molar-refractivity contribution in [3.05, 3.63) is 29.3 Å². The molecular weight excluding hydrogens is 282 g/mol. The van der Waals surface area contributed by atoms with Crippen LogP contribution in [0, 0.1) is 0 Å². The van der Waals surface area contributed by atoms with E-state index in [4.69, 9.17) is 21.4 Å². The number of benzene rings is 1. The molecule has 0 aliphatic rings. The van der Waals surface area contributed by atoms with Gasteiger partial charge in [-0.2, -0.15) is 0 Å². The quantitative estimate of drug-likeness (QED) is 0.773. The molecule has 1 aromatic rings. The van der Waals surface area contributed by atoms with Gasteiger partial charge in [-0.3, -0.25) is 4.79 Å². The molecule has 0 aliphatic heterocycles. The topological polar surface area (TPSA) is 75.6 Å². The molecule has 0 fully saturated rings. The van der Waals surface area contributed by atoms with Crippen LogP contribution in [0.2, 0.25) is 5.02 Å². The summed E-state index contributed by atoms with van der Waals surface area (Å²) in [4.78, 5) is 22.6. The van der Waals surface area contributed by atoms with Gasteiger partial charge < -0.3 is 15.2 Å². The Kier molecular flexibility index (Phi) is 6.87. The zero-order valence-corrected chi connectivity index (χ0v) is 12.0. The molecule has 1 aromatic carbocycles. The van der Waals surface area contributed by atoms with E-state index in [-0.39, 0.29) is 6.61 Å². The molecule has 0 spiro atoms. The van der Waals surface area contributed by atoms with Gasteiger partial charge in [0, 0.05) is 5.02 Å². The Hall–Kier alpha value is -1.75. The summed E-state index contributed by atoms with van der Waals surface area (Å²) in [6, 6.07) is 5.71. The van der Waals surface area contributed by atoms with Crippen LogP contribution in [0.1, 0.15) is 26.2 Å². The number of carbonyl (C=O) groups is 2. The lowest BCUT2D eigenvalue weighted by atomic mass is 10.1. The number of hydrogen-bond donors (Lipinski definition) is 2. The minimum Gasteiger partial charge on any atom is -0.484 e. The first-order valence-electron chi connectivity index (χ1n) is 6.43. The second-order valence-corrected chi connectivity index (χ2v) is 4.78. The molecule has 0 bridgehead atoms. The number of nitrogens with one attached hydrogen (secondary N) is 1. The predicted octanol–water partition coefficient (Wildman–Crippen LogP) is 2.48. The number of hydrogen-bond acceptors (Lipinski definition) is 3. The van der Waals surface area contributed by atoms with E-state index in [1.165, 1.54) is 0 Å². The molecule has 2 N–H and O–H groups in total. The number of amides is 1. The van der Waals surface area contributed by atoms with Crippen LogP contribution < -0.4 is 10.1 Å². The van der Waals surface area contributed by atoms with Crippen molar-refractivity contribution < 1.29 is 19.4 Å². The summed E-state index contributed by atoms with van der Waals surface area (Å²) in [5.74, 6) is -0.980. The highest BCUT2D eigenvalue weighted by Gasteiger charge is 2.19. The van der Waals surface area contributed by atoms with Crippen LogP contribution in [0.5, 0.6) is 5.75 Å². The SMILES string of the molecule is CCCC[C@H](NC(=O)COc1ccc(Cl)cc1)C(=O)O. The second kappa shape index (κ2) is 8.43. The van der Waals surface area contributed by atoms with Crippen molar-refractivity contribution in [3.8, 4) is 5.75 Å². The van der Waals surface area contributed by atoms with Gasteiger partial charge in [0.05, 0.1) is 0 Å². The number of unbranched alkanes of at least 4 members (excludes halogenated alkanes) is 1. The van der Waals surface area contributed by atoms with Gasteiger partial charge in [-0.25, -0.2) is 4.79 Å². The van der Waals surface area contributed by atoms with Crippen LogP contribution >= 0.6 is 11.6 Å². The normalized spacial score (nSPS) is 11.7. The Labute approximate surface area is 122 Å². The van der Waals surface area contributed by atoms with Crippen molar-refractivity contribution in [2.45, 2.75) is 32.2 Å². The average molecular weight is 300 g/mol. The first-order valence-corrected chi connectivity index (χ1v) is 6.81. The van der Waals surface area contributed by atoms with E-state index >= 15 is 0 Å². The van der Waals surface area contributed by atoms with Crippen LogP contribution in [-0.4, -0.2) is 29.6 Å². The molecule has 1 amide bonds. The third-order valence-corrected chi connectivity index (χ3v) is 2.92. The highest BCUT2D eigenvalue weighted by Crippen LogP contribution is 2.15. The van der Waals surface area contributed by atoms with E-state index in [9.17, 15) is 9.59 Å². The van der Waals surface area contributed by atoms with E-state index in [1.807, 2.05) is 6.92 Å². The van der Waals surface area contributed by atoms with Crippen molar-refractivity contribution >= 4 is 23.5 Å². The Morgan fingerprint density at radius 3 is 2.55 bits per heavy atom. The Balaban J connectivity index is 2.41. The first-order chi connectivity index (χ1) is 9.52. The summed E-state index contributed by atoms with van der Waals surface area (Å²) in [5, 5.41) is 12.0. The van der Waals surface area contributed by atoms with Gasteiger partial charge in [0.1, 0.15) is 11.8 Å². The largest absolute Gasteiger partial charge is 0.484 e. The molecule has 0 saturated carbocycles. The fraction of sp³-hybridized carbons (Fsp3) is 0.429. The molecule has 0 radical (unpaired) electrons. The molecule has 0 aliphatic carbocycles. The second-order valence-electron chi connectivity index (χ2n) is 4.34. The van der Waals surface area contributed by atoms with Gasteiger partial charge in [-0.1, -0.05) is 31.4 Å². The molecule has 1 atom stereocenters. The van der Waals surface area contributed by atoms with Crippen LogP contribution in [0.25, 0.3) is 0 Å². The summed E-state index contributed by atoms with van der Waals surface area (Å²) >= 11 is 5.73. The zero-order valence-electron chi connectivity index (χ0n) is 11.3. The predicted molar refractivity (Wildman–Crippen MR) is 76.0 cm³/mol. The Bertz CT molecular complexity index is 447. The fourth-order valence-electron chi connectivity index (χ4n) is 1.58. The molecular formula is C14H18ClNO4. The monoisotopic (exact) mass is 299 g/mol. The van der Waals surface area contributed by atoms with Crippen LogP contribution in [0.4, 0.5) is 0 Å². The number of ether oxygens (including phenoxy) is 1. The molecule has 110 valence electrons. The van der Waals surface area contributed by atoms with Crippen molar-refractivity contribution in [3.63, 3.8) is 0 Å². The van der Waals surface area contributed by atoms with Crippen molar-refractivity contribution in [2.75, 3.05) is 6.61 Å². The first kappa shape index (κ1) is 16.3. The lowest BCUT2D eigenvalue weighted by Crippen LogP contribution is -2.42. The number of carboxylic acids is 1. The van der Waals surface area contributed by atoms with Crippen LogP contribution in [0.15, 0.2) is 24.3 Å². The lowest BCUT2D eigenvalue weighted by Gasteiger charge is -2.14. The Morgan fingerprint density at radius 1 is 1.35 bits per heavy atom. The van der Waals surface area contributed by atoms with E-state index < -0.39 is 17.9 Å². The third-order valence-electron chi connectivity index (χ3n) is 2.66. The summed E-state index contributed by atoms with van der Waals surface area (Å²) in [6.45, 7) is 1.74. The third kappa shape index (κ3) is 5.93. The van der Waals surface area contributed by atoms with E-state index in [0.29, 0.717) is 17.2 Å². The van der Waals surface area contributed by atoms with Gasteiger partial charge in [-0.15, -0.1) is 0 Å². The molecule has 0 unspecified atom stereocenters. The minimum absolute atomic E-state index is 0.225. The molecule has 0 heterocycles.